The molecule has 2 aromatic heterocycles. The molecule has 0 radical (unpaired) electrons. The summed E-state index contributed by atoms with van der Waals surface area (Å²) in [5, 5.41) is 2.93. The lowest BCUT2D eigenvalue weighted by molar-refractivity contribution is 0.249. The van der Waals surface area contributed by atoms with E-state index in [1.165, 1.54) is 6.07 Å². The summed E-state index contributed by atoms with van der Waals surface area (Å²) < 4.78 is 35.3. The molecule has 37 heavy (non-hydrogen) atoms. The van der Waals surface area contributed by atoms with Gasteiger partial charge in [-0.1, -0.05) is 0 Å². The second kappa shape index (κ2) is 10.4. The Hall–Kier alpha value is -3.60. The van der Waals surface area contributed by atoms with Crippen LogP contribution in [-0.2, 0) is 0 Å². The molecule has 0 unspecified atom stereocenters. The molecule has 1 N–H and O–H groups in total. The number of hydrogen-bond acceptors (Lipinski definition) is 9. The average Bonchev–Trinajstić information content (AvgIpc) is 2.90. The third kappa shape index (κ3) is 5.27. The molecule has 0 saturated carbocycles. The average molecular weight is 511 g/mol. The fraction of sp³-hybridized carbons (Fsp3) is 0.462. The molecular weight excluding hydrogens is 478 g/mol. The summed E-state index contributed by atoms with van der Waals surface area (Å²) in [5.41, 5.74) is 1.81. The SMILES string of the molecule is CC(C)N1CCOc2c(F)cc(-c3nc(Nc4ncc(N5CCC(N(C)C)CC5)cn4)ncc3F)cc21. The zero-order valence-electron chi connectivity index (χ0n) is 21.6. The smallest absolute Gasteiger partial charge is 0.230 e. The summed E-state index contributed by atoms with van der Waals surface area (Å²) in [4.78, 5) is 23.7. The maximum Gasteiger partial charge on any atom is 0.230 e. The number of nitrogens with zero attached hydrogens (tertiary/aromatic N) is 7. The van der Waals surface area contributed by atoms with Crippen molar-refractivity contribution < 1.29 is 13.5 Å². The van der Waals surface area contributed by atoms with Gasteiger partial charge >= 0.3 is 0 Å². The summed E-state index contributed by atoms with van der Waals surface area (Å²) >= 11 is 0. The predicted molar refractivity (Wildman–Crippen MR) is 140 cm³/mol. The van der Waals surface area contributed by atoms with E-state index in [1.54, 1.807) is 18.5 Å². The topological polar surface area (TPSA) is 82.5 Å². The normalized spacial score (nSPS) is 16.2. The van der Waals surface area contributed by atoms with Gasteiger partial charge in [-0.2, -0.15) is 0 Å². The quantitative estimate of drug-likeness (QED) is 0.527. The van der Waals surface area contributed by atoms with Crippen LogP contribution in [0.5, 0.6) is 5.75 Å². The molecule has 11 heteroatoms. The highest BCUT2D eigenvalue weighted by molar-refractivity contribution is 5.73. The molecule has 5 rings (SSSR count). The highest BCUT2D eigenvalue weighted by Gasteiger charge is 2.26. The Bertz CT molecular complexity index is 1250. The number of fused-ring (bicyclic) bond motifs is 1. The number of nitrogens with one attached hydrogen (secondary N) is 1. The number of halogens is 2. The van der Waals surface area contributed by atoms with Gasteiger partial charge in [0.1, 0.15) is 12.3 Å². The number of piperidine rings is 1. The summed E-state index contributed by atoms with van der Waals surface area (Å²) in [6, 6.07) is 3.66. The van der Waals surface area contributed by atoms with Crippen molar-refractivity contribution in [2.45, 2.75) is 38.8 Å². The van der Waals surface area contributed by atoms with E-state index in [2.05, 4.69) is 49.1 Å². The van der Waals surface area contributed by atoms with Crippen LogP contribution in [0.2, 0.25) is 0 Å². The number of hydrogen-bond donors (Lipinski definition) is 1. The van der Waals surface area contributed by atoms with E-state index in [9.17, 15) is 8.78 Å². The highest BCUT2D eigenvalue weighted by atomic mass is 19.1. The lowest BCUT2D eigenvalue weighted by Gasteiger charge is -2.36. The summed E-state index contributed by atoms with van der Waals surface area (Å²) in [5.74, 6) is -0.628. The lowest BCUT2D eigenvalue weighted by atomic mass is 10.0. The van der Waals surface area contributed by atoms with Gasteiger partial charge in [0.15, 0.2) is 17.4 Å². The third-order valence-corrected chi connectivity index (χ3v) is 6.97. The van der Waals surface area contributed by atoms with Crippen LogP contribution in [0.15, 0.2) is 30.7 Å². The molecule has 0 aliphatic carbocycles. The Labute approximate surface area is 215 Å². The number of benzene rings is 1. The molecule has 1 saturated heterocycles. The van der Waals surface area contributed by atoms with E-state index in [0.717, 1.165) is 37.8 Å². The van der Waals surface area contributed by atoms with Gasteiger partial charge < -0.3 is 19.4 Å². The maximum absolute atomic E-state index is 14.9. The first kappa shape index (κ1) is 25.1. The van der Waals surface area contributed by atoms with Gasteiger partial charge in [-0.05, 0) is 52.9 Å². The van der Waals surface area contributed by atoms with Gasteiger partial charge in [0.05, 0.1) is 36.5 Å². The molecule has 0 atom stereocenters. The van der Waals surface area contributed by atoms with Crippen LogP contribution >= 0.6 is 0 Å². The van der Waals surface area contributed by atoms with Crippen molar-refractivity contribution in [3.8, 4) is 17.0 Å². The molecule has 1 fully saturated rings. The van der Waals surface area contributed by atoms with Crippen molar-refractivity contribution in [3.63, 3.8) is 0 Å². The Kier molecular flexibility index (Phi) is 7.05. The van der Waals surface area contributed by atoms with Gasteiger partial charge in [-0.3, -0.25) is 5.32 Å². The van der Waals surface area contributed by atoms with Crippen LogP contribution in [0.1, 0.15) is 26.7 Å². The van der Waals surface area contributed by atoms with E-state index in [0.29, 0.717) is 36.4 Å². The first-order chi connectivity index (χ1) is 17.8. The van der Waals surface area contributed by atoms with Gasteiger partial charge in [0.2, 0.25) is 11.9 Å². The van der Waals surface area contributed by atoms with Gasteiger partial charge in [-0.15, -0.1) is 0 Å². The van der Waals surface area contributed by atoms with Crippen molar-refractivity contribution in [3.05, 3.63) is 42.4 Å². The Morgan fingerprint density at radius 3 is 2.35 bits per heavy atom. The Morgan fingerprint density at radius 2 is 1.68 bits per heavy atom. The lowest BCUT2D eigenvalue weighted by Crippen LogP contribution is -2.42. The maximum atomic E-state index is 14.9. The summed E-state index contributed by atoms with van der Waals surface area (Å²) in [6.45, 7) is 6.94. The van der Waals surface area contributed by atoms with Gasteiger partial charge in [0, 0.05) is 30.7 Å². The van der Waals surface area contributed by atoms with Crippen molar-refractivity contribution >= 4 is 23.3 Å². The Morgan fingerprint density at radius 1 is 0.973 bits per heavy atom. The number of anilines is 4. The zero-order valence-corrected chi connectivity index (χ0v) is 21.6. The van der Waals surface area contributed by atoms with E-state index >= 15 is 0 Å². The number of rotatable bonds is 6. The first-order valence-corrected chi connectivity index (χ1v) is 12.6. The van der Waals surface area contributed by atoms with E-state index in [4.69, 9.17) is 4.74 Å². The van der Waals surface area contributed by atoms with Gasteiger partial charge in [-0.25, -0.2) is 28.7 Å². The van der Waals surface area contributed by atoms with Crippen LogP contribution in [0.3, 0.4) is 0 Å². The fourth-order valence-corrected chi connectivity index (χ4v) is 4.89. The van der Waals surface area contributed by atoms with Crippen LogP contribution in [0.25, 0.3) is 11.3 Å². The largest absolute Gasteiger partial charge is 0.486 e. The summed E-state index contributed by atoms with van der Waals surface area (Å²) in [6.07, 6.45) is 6.75. The van der Waals surface area contributed by atoms with Gasteiger partial charge in [0.25, 0.3) is 0 Å². The monoisotopic (exact) mass is 510 g/mol. The van der Waals surface area contributed by atoms with Crippen LogP contribution in [-0.4, -0.2) is 77.3 Å². The first-order valence-electron chi connectivity index (χ1n) is 12.6. The van der Waals surface area contributed by atoms with Crippen LogP contribution in [0.4, 0.5) is 32.1 Å². The second-order valence-corrected chi connectivity index (χ2v) is 9.90. The van der Waals surface area contributed by atoms with Crippen molar-refractivity contribution in [1.29, 1.82) is 0 Å². The third-order valence-electron chi connectivity index (χ3n) is 6.97. The molecule has 2 aliphatic rings. The summed E-state index contributed by atoms with van der Waals surface area (Å²) in [7, 11) is 4.23. The molecule has 4 heterocycles. The number of ether oxygens (including phenoxy) is 1. The molecule has 2 aliphatic heterocycles. The van der Waals surface area contributed by atoms with Crippen molar-refractivity contribution in [2.24, 2.45) is 0 Å². The standard InChI is InChI=1S/C26H32F2N8O/c1-16(2)36-9-10-37-24-20(27)11-17(12-22(24)36)23-21(28)15-31-26(32-23)33-25-29-13-19(14-30-25)35-7-5-18(6-8-35)34(3)4/h11-16,18H,5-10H2,1-4H3,(H,29,30,31,32,33). The fourth-order valence-electron chi connectivity index (χ4n) is 4.89. The molecule has 3 aromatic rings. The minimum absolute atomic E-state index is 0.0196. The zero-order chi connectivity index (χ0) is 26.1. The minimum Gasteiger partial charge on any atom is -0.486 e. The molecule has 0 bridgehead atoms. The molecule has 0 spiro atoms. The van der Waals surface area contributed by atoms with Crippen LogP contribution in [0, 0.1) is 11.6 Å². The minimum atomic E-state index is -0.657. The predicted octanol–water partition coefficient (Wildman–Crippen LogP) is 4.09. The molecule has 9 nitrogen and oxygen atoms in total. The van der Waals surface area contributed by atoms with Crippen molar-refractivity contribution in [2.75, 3.05) is 55.5 Å². The van der Waals surface area contributed by atoms with E-state index in [-0.39, 0.29) is 23.4 Å². The molecular formula is C26H32F2N8O. The molecule has 1 aromatic carbocycles. The number of aromatic nitrogens is 4. The van der Waals surface area contributed by atoms with E-state index in [1.807, 2.05) is 18.7 Å². The van der Waals surface area contributed by atoms with E-state index < -0.39 is 11.6 Å². The molecule has 196 valence electrons. The van der Waals surface area contributed by atoms with Crippen molar-refractivity contribution in [1.82, 2.24) is 24.8 Å². The highest BCUT2D eigenvalue weighted by Crippen LogP contribution is 2.39. The van der Waals surface area contributed by atoms with Crippen LogP contribution < -0.4 is 19.9 Å². The molecule has 0 amide bonds. The second-order valence-electron chi connectivity index (χ2n) is 9.90. The Balaban J connectivity index is 1.35.